The van der Waals surface area contributed by atoms with E-state index in [1.807, 2.05) is 0 Å². The Bertz CT molecular complexity index is 753. The summed E-state index contributed by atoms with van der Waals surface area (Å²) in [6.07, 6.45) is 2.72. The van der Waals surface area contributed by atoms with Crippen molar-refractivity contribution in [1.82, 2.24) is 14.8 Å². The van der Waals surface area contributed by atoms with E-state index in [1.54, 1.807) is 17.9 Å². The number of hydrogen-bond acceptors (Lipinski definition) is 6. The molecule has 28 heavy (non-hydrogen) atoms. The summed E-state index contributed by atoms with van der Waals surface area (Å²) >= 11 is 9.22. The fourth-order valence-electron chi connectivity index (χ4n) is 2.93. The fraction of sp³-hybridized carbons (Fsp3) is 0.556. The van der Waals surface area contributed by atoms with Gasteiger partial charge >= 0.3 is 0 Å². The maximum atomic E-state index is 13.7. The van der Waals surface area contributed by atoms with E-state index in [4.69, 9.17) is 30.5 Å². The number of hydrogen-bond donors (Lipinski definition) is 0. The third-order valence-corrected chi connectivity index (χ3v) is 4.70. The summed E-state index contributed by atoms with van der Waals surface area (Å²) in [4.78, 5) is 4.39. The van der Waals surface area contributed by atoms with Crippen LogP contribution in [0.25, 0.3) is 0 Å². The summed E-state index contributed by atoms with van der Waals surface area (Å²) in [5, 5.41) is 4.50. The number of rotatable bonds is 9. The van der Waals surface area contributed by atoms with Crippen LogP contribution >= 0.6 is 27.5 Å². The standard InChI is InChI=1S/C18H22BrClFN3O4/c1-25-11-24-17(22-18(19)23-24)15(5-7-27-16-4-2-3-6-26-16)28-14-9-12(20)8-13(21)10-14/h8-10,15-16H,2-7,11H2,1H3. The van der Waals surface area contributed by atoms with E-state index in [1.165, 1.54) is 12.1 Å². The first-order valence-corrected chi connectivity index (χ1v) is 10.2. The van der Waals surface area contributed by atoms with Crippen molar-refractivity contribution >= 4 is 27.5 Å². The first-order chi connectivity index (χ1) is 13.5. The Morgan fingerprint density at radius 2 is 2.25 bits per heavy atom. The molecule has 0 aliphatic carbocycles. The van der Waals surface area contributed by atoms with Crippen molar-refractivity contribution < 1.29 is 23.3 Å². The summed E-state index contributed by atoms with van der Waals surface area (Å²) in [7, 11) is 1.56. The molecule has 10 heteroatoms. The highest BCUT2D eigenvalue weighted by Gasteiger charge is 2.23. The predicted molar refractivity (Wildman–Crippen MR) is 104 cm³/mol. The molecule has 1 saturated heterocycles. The maximum absolute atomic E-state index is 13.7. The number of halogens is 3. The number of nitrogens with zero attached hydrogens (tertiary/aromatic N) is 3. The number of aromatic nitrogens is 3. The topological polar surface area (TPSA) is 67.6 Å². The molecule has 7 nitrogen and oxygen atoms in total. The largest absolute Gasteiger partial charge is 0.482 e. The average molecular weight is 479 g/mol. The monoisotopic (exact) mass is 477 g/mol. The molecular weight excluding hydrogens is 457 g/mol. The molecule has 2 unspecified atom stereocenters. The van der Waals surface area contributed by atoms with E-state index in [2.05, 4.69) is 26.0 Å². The molecule has 1 aliphatic heterocycles. The van der Waals surface area contributed by atoms with Gasteiger partial charge in [-0.3, -0.25) is 0 Å². The van der Waals surface area contributed by atoms with Gasteiger partial charge in [0.05, 0.1) is 6.61 Å². The van der Waals surface area contributed by atoms with E-state index in [0.29, 0.717) is 35.9 Å². The normalized spacial score (nSPS) is 18.2. The van der Waals surface area contributed by atoms with E-state index in [0.717, 1.165) is 19.3 Å². The molecule has 0 bridgehead atoms. The Labute approximate surface area is 176 Å². The van der Waals surface area contributed by atoms with E-state index in [-0.39, 0.29) is 18.0 Å². The fourth-order valence-corrected chi connectivity index (χ4v) is 3.52. The van der Waals surface area contributed by atoms with Crippen LogP contribution in [0.2, 0.25) is 5.02 Å². The summed E-state index contributed by atoms with van der Waals surface area (Å²) in [6, 6.07) is 4.04. The van der Waals surface area contributed by atoms with Crippen molar-refractivity contribution in [2.45, 2.75) is 44.8 Å². The van der Waals surface area contributed by atoms with Gasteiger partial charge in [-0.1, -0.05) is 11.6 Å². The minimum atomic E-state index is -0.546. The smallest absolute Gasteiger partial charge is 0.217 e. The number of benzene rings is 1. The highest BCUT2D eigenvalue weighted by molar-refractivity contribution is 9.10. The lowest BCUT2D eigenvalue weighted by molar-refractivity contribution is -0.165. The molecule has 1 aromatic heterocycles. The van der Waals surface area contributed by atoms with E-state index < -0.39 is 11.9 Å². The zero-order valence-corrected chi connectivity index (χ0v) is 17.8. The minimum absolute atomic E-state index is 0.199. The van der Waals surface area contributed by atoms with Crippen LogP contribution in [0.4, 0.5) is 4.39 Å². The van der Waals surface area contributed by atoms with Gasteiger partial charge in [-0.05, 0) is 47.3 Å². The lowest BCUT2D eigenvalue weighted by atomic mass is 10.2. The molecule has 1 aromatic carbocycles. The Kier molecular flexibility index (Phi) is 8.04. The van der Waals surface area contributed by atoms with Crippen LogP contribution in [-0.4, -0.2) is 41.4 Å². The second-order valence-corrected chi connectivity index (χ2v) is 7.47. The van der Waals surface area contributed by atoms with Gasteiger partial charge in [0.15, 0.2) is 18.2 Å². The molecule has 0 N–H and O–H groups in total. The predicted octanol–water partition coefficient (Wildman–Crippen LogP) is 4.49. The van der Waals surface area contributed by atoms with Crippen LogP contribution < -0.4 is 4.74 Å². The minimum Gasteiger partial charge on any atom is -0.482 e. The van der Waals surface area contributed by atoms with Gasteiger partial charge in [-0.2, -0.15) is 0 Å². The van der Waals surface area contributed by atoms with Crippen molar-refractivity contribution in [3.63, 3.8) is 0 Å². The lowest BCUT2D eigenvalue weighted by Crippen LogP contribution is -2.24. The van der Waals surface area contributed by atoms with Gasteiger partial charge in [0, 0.05) is 31.2 Å². The van der Waals surface area contributed by atoms with Crippen LogP contribution in [0, 0.1) is 5.82 Å². The van der Waals surface area contributed by atoms with Crippen LogP contribution in [0.1, 0.15) is 37.6 Å². The third kappa shape index (κ3) is 6.12. The number of ether oxygens (including phenoxy) is 4. The third-order valence-electron chi connectivity index (χ3n) is 4.15. The molecule has 154 valence electrons. The Morgan fingerprint density at radius 1 is 1.39 bits per heavy atom. The summed E-state index contributed by atoms with van der Waals surface area (Å²) in [6.45, 7) is 1.29. The molecule has 1 fully saturated rings. The molecule has 0 saturated carbocycles. The van der Waals surface area contributed by atoms with Gasteiger partial charge < -0.3 is 18.9 Å². The van der Waals surface area contributed by atoms with Crippen LogP contribution in [0.3, 0.4) is 0 Å². The zero-order chi connectivity index (χ0) is 19.9. The second kappa shape index (κ2) is 10.5. The molecule has 0 spiro atoms. The first kappa shape index (κ1) is 21.4. The molecular formula is C18H22BrClFN3O4. The van der Waals surface area contributed by atoms with E-state index in [9.17, 15) is 4.39 Å². The molecule has 1 aliphatic rings. The molecule has 0 radical (unpaired) electrons. The zero-order valence-electron chi connectivity index (χ0n) is 15.4. The van der Waals surface area contributed by atoms with Crippen LogP contribution in [0.5, 0.6) is 5.75 Å². The lowest BCUT2D eigenvalue weighted by Gasteiger charge is -2.24. The van der Waals surface area contributed by atoms with Gasteiger partial charge in [0.25, 0.3) is 0 Å². The summed E-state index contributed by atoms with van der Waals surface area (Å²) in [5.74, 6) is 0.349. The van der Waals surface area contributed by atoms with E-state index >= 15 is 0 Å². The SMILES string of the molecule is COCn1nc(Br)nc1C(CCOC1CCCCO1)Oc1cc(F)cc(Cl)c1. The van der Waals surface area contributed by atoms with Crippen LogP contribution in [-0.2, 0) is 20.9 Å². The van der Waals surface area contributed by atoms with Crippen molar-refractivity contribution in [3.8, 4) is 5.75 Å². The first-order valence-electron chi connectivity index (χ1n) is 9.00. The van der Waals surface area contributed by atoms with Crippen molar-refractivity contribution in [1.29, 1.82) is 0 Å². The maximum Gasteiger partial charge on any atom is 0.217 e. The molecule has 2 atom stereocenters. The summed E-state index contributed by atoms with van der Waals surface area (Å²) < 4.78 is 38.3. The quantitative estimate of drug-likeness (QED) is 0.529. The summed E-state index contributed by atoms with van der Waals surface area (Å²) in [5.41, 5.74) is 0. The van der Waals surface area contributed by atoms with Crippen LogP contribution in [0.15, 0.2) is 22.9 Å². The molecule has 2 aromatic rings. The molecule has 2 heterocycles. The Hall–Kier alpha value is -1.26. The highest BCUT2D eigenvalue weighted by atomic mass is 79.9. The van der Waals surface area contributed by atoms with Crippen molar-refractivity contribution in [2.75, 3.05) is 20.3 Å². The Balaban J connectivity index is 1.74. The second-order valence-electron chi connectivity index (χ2n) is 6.32. The van der Waals surface area contributed by atoms with Crippen molar-refractivity contribution in [2.24, 2.45) is 0 Å². The van der Waals surface area contributed by atoms with Gasteiger partial charge in [0.1, 0.15) is 18.3 Å². The Morgan fingerprint density at radius 3 is 2.96 bits per heavy atom. The molecule has 0 amide bonds. The number of methoxy groups -OCH3 is 1. The van der Waals surface area contributed by atoms with Gasteiger partial charge in [0.2, 0.25) is 4.73 Å². The average Bonchev–Trinajstić information content (AvgIpc) is 3.01. The van der Waals surface area contributed by atoms with Crippen molar-refractivity contribution in [3.05, 3.63) is 39.6 Å². The molecule has 3 rings (SSSR count). The highest BCUT2D eigenvalue weighted by Crippen LogP contribution is 2.28. The van der Waals surface area contributed by atoms with Gasteiger partial charge in [-0.25, -0.2) is 14.1 Å². The van der Waals surface area contributed by atoms with Gasteiger partial charge in [-0.15, -0.1) is 5.10 Å².